The first-order valence-electron chi connectivity index (χ1n) is 5.49. The van der Waals surface area contributed by atoms with Gasteiger partial charge in [0.2, 0.25) is 10.0 Å². The maximum atomic E-state index is 11.4. The molecule has 0 bridgehead atoms. The van der Waals surface area contributed by atoms with E-state index in [2.05, 4.69) is 4.72 Å². The molecule has 0 heterocycles. The standard InChI is InChI=1S/C10H20N2O4S/c1-10(9-11)17(13,14)12-5-3-4-6-16-8-7-15-2/h10,12H,3-8H2,1-2H3. The maximum Gasteiger partial charge on any atom is 0.227 e. The molecule has 0 spiro atoms. The monoisotopic (exact) mass is 264 g/mol. The number of nitrogens with one attached hydrogen (secondary N) is 1. The van der Waals surface area contributed by atoms with Gasteiger partial charge in [0.05, 0.1) is 19.3 Å². The molecule has 17 heavy (non-hydrogen) atoms. The van der Waals surface area contributed by atoms with Crippen molar-refractivity contribution >= 4 is 10.0 Å². The van der Waals surface area contributed by atoms with Crippen molar-refractivity contribution in [2.45, 2.75) is 25.0 Å². The molecule has 0 radical (unpaired) electrons. The van der Waals surface area contributed by atoms with Gasteiger partial charge in [0.25, 0.3) is 0 Å². The molecule has 0 aliphatic heterocycles. The Kier molecular flexibility index (Phi) is 8.99. The Labute approximate surface area is 103 Å². The summed E-state index contributed by atoms with van der Waals surface area (Å²) in [5.41, 5.74) is 0. The highest BCUT2D eigenvalue weighted by Gasteiger charge is 2.18. The lowest BCUT2D eigenvalue weighted by Gasteiger charge is -2.07. The molecule has 0 rings (SSSR count). The van der Waals surface area contributed by atoms with E-state index in [0.29, 0.717) is 32.8 Å². The minimum absolute atomic E-state index is 0.335. The lowest BCUT2D eigenvalue weighted by atomic mass is 10.3. The summed E-state index contributed by atoms with van der Waals surface area (Å²) in [6.45, 7) is 3.39. The van der Waals surface area contributed by atoms with Crippen LogP contribution in [0.5, 0.6) is 0 Å². The zero-order chi connectivity index (χ0) is 13.1. The zero-order valence-electron chi connectivity index (χ0n) is 10.3. The summed E-state index contributed by atoms with van der Waals surface area (Å²) in [4.78, 5) is 0. The van der Waals surface area contributed by atoms with Crippen LogP contribution >= 0.6 is 0 Å². The minimum Gasteiger partial charge on any atom is -0.382 e. The maximum absolute atomic E-state index is 11.4. The third-order valence-electron chi connectivity index (χ3n) is 2.10. The summed E-state index contributed by atoms with van der Waals surface area (Å²) >= 11 is 0. The van der Waals surface area contributed by atoms with Crippen LogP contribution in [0.1, 0.15) is 19.8 Å². The van der Waals surface area contributed by atoms with Crippen LogP contribution in [-0.2, 0) is 19.5 Å². The van der Waals surface area contributed by atoms with Crippen molar-refractivity contribution in [3.8, 4) is 6.07 Å². The molecule has 0 aromatic carbocycles. The molecule has 0 aromatic heterocycles. The second-order valence-corrected chi connectivity index (χ2v) is 5.61. The van der Waals surface area contributed by atoms with Gasteiger partial charge < -0.3 is 9.47 Å². The SMILES string of the molecule is COCCOCCCCNS(=O)(=O)C(C)C#N. The Morgan fingerprint density at radius 1 is 1.29 bits per heavy atom. The van der Waals surface area contributed by atoms with E-state index in [1.54, 1.807) is 13.2 Å². The van der Waals surface area contributed by atoms with Crippen molar-refractivity contribution in [2.24, 2.45) is 0 Å². The lowest BCUT2D eigenvalue weighted by Crippen LogP contribution is -2.32. The molecule has 0 fully saturated rings. The van der Waals surface area contributed by atoms with Crippen molar-refractivity contribution in [1.29, 1.82) is 5.26 Å². The van der Waals surface area contributed by atoms with Gasteiger partial charge in [-0.15, -0.1) is 0 Å². The Morgan fingerprint density at radius 3 is 2.59 bits per heavy atom. The van der Waals surface area contributed by atoms with E-state index in [9.17, 15) is 8.42 Å². The largest absolute Gasteiger partial charge is 0.382 e. The van der Waals surface area contributed by atoms with E-state index >= 15 is 0 Å². The van der Waals surface area contributed by atoms with Crippen molar-refractivity contribution < 1.29 is 17.9 Å². The molecular weight excluding hydrogens is 244 g/mol. The predicted molar refractivity (Wildman–Crippen MR) is 63.9 cm³/mol. The molecule has 0 saturated carbocycles. The average molecular weight is 264 g/mol. The van der Waals surface area contributed by atoms with Gasteiger partial charge in [-0.3, -0.25) is 0 Å². The van der Waals surface area contributed by atoms with Gasteiger partial charge in [-0.25, -0.2) is 13.1 Å². The van der Waals surface area contributed by atoms with Gasteiger partial charge >= 0.3 is 0 Å². The van der Waals surface area contributed by atoms with Crippen molar-refractivity contribution in [3.63, 3.8) is 0 Å². The number of nitriles is 1. The second-order valence-electron chi connectivity index (χ2n) is 3.52. The second kappa shape index (κ2) is 9.36. The predicted octanol–water partition coefficient (Wildman–Crippen LogP) is 0.261. The zero-order valence-corrected chi connectivity index (χ0v) is 11.1. The van der Waals surface area contributed by atoms with E-state index in [1.807, 2.05) is 0 Å². The van der Waals surface area contributed by atoms with Gasteiger partial charge in [0.1, 0.15) is 0 Å². The Bertz CT molecular complexity index is 324. The van der Waals surface area contributed by atoms with Crippen LogP contribution in [0.4, 0.5) is 0 Å². The summed E-state index contributed by atoms with van der Waals surface area (Å²) in [5.74, 6) is 0. The quantitative estimate of drug-likeness (QED) is 0.572. The molecule has 100 valence electrons. The fourth-order valence-corrected chi connectivity index (χ4v) is 1.80. The van der Waals surface area contributed by atoms with Crippen LogP contribution in [0.15, 0.2) is 0 Å². The first-order chi connectivity index (χ1) is 8.04. The Balaban J connectivity index is 3.50. The van der Waals surface area contributed by atoms with E-state index in [0.717, 1.165) is 6.42 Å². The fourth-order valence-electron chi connectivity index (χ4n) is 0.982. The molecule has 0 aliphatic rings. The molecule has 1 N–H and O–H groups in total. The van der Waals surface area contributed by atoms with Gasteiger partial charge in [-0.2, -0.15) is 5.26 Å². The molecule has 0 amide bonds. The molecular formula is C10H20N2O4S. The number of hydrogen-bond donors (Lipinski definition) is 1. The van der Waals surface area contributed by atoms with Gasteiger partial charge in [-0.1, -0.05) is 0 Å². The molecule has 0 aliphatic carbocycles. The van der Waals surface area contributed by atoms with Crippen molar-refractivity contribution in [1.82, 2.24) is 4.72 Å². The van der Waals surface area contributed by atoms with Crippen LogP contribution in [0.2, 0.25) is 0 Å². The number of hydrogen-bond acceptors (Lipinski definition) is 5. The summed E-state index contributed by atoms with van der Waals surface area (Å²) in [6.07, 6.45) is 1.46. The molecule has 7 heteroatoms. The highest BCUT2D eigenvalue weighted by Crippen LogP contribution is 1.97. The number of sulfonamides is 1. The lowest BCUT2D eigenvalue weighted by molar-refractivity contribution is 0.0689. The van der Waals surface area contributed by atoms with Crippen LogP contribution in [-0.4, -0.2) is 47.1 Å². The number of methoxy groups -OCH3 is 1. The summed E-state index contributed by atoms with van der Waals surface area (Å²) < 4.78 is 35.1. The topological polar surface area (TPSA) is 88.4 Å². The molecule has 0 saturated heterocycles. The highest BCUT2D eigenvalue weighted by atomic mass is 32.2. The van der Waals surface area contributed by atoms with Gasteiger partial charge in [-0.05, 0) is 19.8 Å². The van der Waals surface area contributed by atoms with E-state index in [4.69, 9.17) is 14.7 Å². The van der Waals surface area contributed by atoms with E-state index < -0.39 is 15.3 Å². The third kappa shape index (κ3) is 8.10. The molecule has 6 nitrogen and oxygen atoms in total. The fraction of sp³-hybridized carbons (Fsp3) is 0.900. The van der Waals surface area contributed by atoms with Gasteiger partial charge in [0, 0.05) is 20.3 Å². The average Bonchev–Trinajstić information content (AvgIpc) is 2.31. The van der Waals surface area contributed by atoms with Gasteiger partial charge in [0.15, 0.2) is 5.25 Å². The van der Waals surface area contributed by atoms with Crippen LogP contribution < -0.4 is 4.72 Å². The number of unbranched alkanes of at least 4 members (excludes halogenated alkanes) is 1. The van der Waals surface area contributed by atoms with Crippen LogP contribution in [0.25, 0.3) is 0 Å². The first-order valence-corrected chi connectivity index (χ1v) is 7.04. The minimum atomic E-state index is -3.48. The summed E-state index contributed by atoms with van der Waals surface area (Å²) in [7, 11) is -1.88. The number of ether oxygens (including phenoxy) is 2. The van der Waals surface area contributed by atoms with E-state index in [1.165, 1.54) is 6.92 Å². The molecule has 1 unspecified atom stereocenters. The number of rotatable bonds is 10. The normalized spacial score (nSPS) is 13.2. The van der Waals surface area contributed by atoms with Crippen molar-refractivity contribution in [3.05, 3.63) is 0 Å². The summed E-state index contributed by atoms with van der Waals surface area (Å²) in [6, 6.07) is 1.69. The molecule has 0 aromatic rings. The highest BCUT2D eigenvalue weighted by molar-refractivity contribution is 7.90. The first kappa shape index (κ1) is 16.3. The Morgan fingerprint density at radius 2 is 2.00 bits per heavy atom. The third-order valence-corrected chi connectivity index (χ3v) is 3.74. The van der Waals surface area contributed by atoms with E-state index in [-0.39, 0.29) is 0 Å². The number of nitrogens with zero attached hydrogens (tertiary/aromatic N) is 1. The summed E-state index contributed by atoms with van der Waals surface area (Å²) in [5, 5.41) is 7.48. The van der Waals surface area contributed by atoms with Crippen LogP contribution in [0, 0.1) is 11.3 Å². The smallest absolute Gasteiger partial charge is 0.227 e. The van der Waals surface area contributed by atoms with Crippen molar-refractivity contribution in [2.75, 3.05) is 33.5 Å². The van der Waals surface area contributed by atoms with Crippen LogP contribution in [0.3, 0.4) is 0 Å². The molecule has 1 atom stereocenters. The Hall–Kier alpha value is -0.680.